The molecule has 0 unspecified atom stereocenters. The van der Waals surface area contributed by atoms with Crippen LogP contribution in [0.1, 0.15) is 22.0 Å². The molecule has 10 heteroatoms. The fourth-order valence-corrected chi connectivity index (χ4v) is 3.94. The summed E-state index contributed by atoms with van der Waals surface area (Å²) in [6.07, 6.45) is 1.62. The molecule has 0 saturated heterocycles. The summed E-state index contributed by atoms with van der Waals surface area (Å²) in [5, 5.41) is 16.6. The van der Waals surface area contributed by atoms with Gasteiger partial charge in [0.15, 0.2) is 11.5 Å². The number of aromatic nitrogens is 3. The van der Waals surface area contributed by atoms with Gasteiger partial charge in [0.1, 0.15) is 23.5 Å². The predicted octanol–water partition coefficient (Wildman–Crippen LogP) is 3.31. The van der Waals surface area contributed by atoms with Gasteiger partial charge in [-0.3, -0.25) is 4.57 Å². The lowest BCUT2D eigenvalue weighted by molar-refractivity contribution is 0.0697. The number of nitrogens with two attached hydrogens (primary N) is 1. The summed E-state index contributed by atoms with van der Waals surface area (Å²) in [6.45, 7) is 0.336. The molecule has 4 N–H and O–H groups in total. The highest BCUT2D eigenvalue weighted by Crippen LogP contribution is 2.32. The maximum absolute atomic E-state index is 11.7. The van der Waals surface area contributed by atoms with Crippen molar-refractivity contribution in [1.82, 2.24) is 14.5 Å². The Hall–Kier alpha value is -3.63. The molecule has 0 saturated carbocycles. The average molecular weight is 439 g/mol. The van der Waals surface area contributed by atoms with Crippen LogP contribution in [0.25, 0.3) is 16.9 Å². The van der Waals surface area contributed by atoms with Crippen molar-refractivity contribution in [3.8, 4) is 17.3 Å². The van der Waals surface area contributed by atoms with Crippen molar-refractivity contribution < 1.29 is 19.4 Å². The van der Waals surface area contributed by atoms with Crippen LogP contribution in [-0.2, 0) is 0 Å². The van der Waals surface area contributed by atoms with Gasteiger partial charge in [0, 0.05) is 24.7 Å². The van der Waals surface area contributed by atoms with Gasteiger partial charge in [-0.25, -0.2) is 14.8 Å². The van der Waals surface area contributed by atoms with Crippen LogP contribution in [0.2, 0.25) is 0 Å². The first-order valence-electron chi connectivity index (χ1n) is 9.37. The first-order chi connectivity index (χ1) is 15.0. The number of methoxy groups -OCH3 is 2. The van der Waals surface area contributed by atoms with Crippen LogP contribution in [0, 0.1) is 0 Å². The minimum absolute atomic E-state index is 0.0601. The monoisotopic (exact) mass is 439 g/mol. The maximum atomic E-state index is 11.7. The summed E-state index contributed by atoms with van der Waals surface area (Å²) < 4.78 is 12.5. The number of imidazole rings is 1. The Labute approximate surface area is 182 Å². The molecule has 0 aliphatic carbocycles. The summed E-state index contributed by atoms with van der Waals surface area (Å²) >= 11 is 1.56. The van der Waals surface area contributed by atoms with Gasteiger partial charge in [-0.1, -0.05) is 0 Å². The summed E-state index contributed by atoms with van der Waals surface area (Å²) in [6, 6.07) is 8.37. The summed E-state index contributed by atoms with van der Waals surface area (Å²) in [5.74, 6) is 0.787. The molecule has 0 amide bonds. The van der Waals surface area contributed by atoms with Gasteiger partial charge in [0.05, 0.1) is 25.3 Å². The van der Waals surface area contributed by atoms with Crippen molar-refractivity contribution >= 4 is 34.2 Å². The number of pyridine rings is 1. The van der Waals surface area contributed by atoms with E-state index >= 15 is 0 Å². The number of carboxylic acids is 1. The molecule has 31 heavy (non-hydrogen) atoms. The minimum atomic E-state index is -1.08. The number of nitrogens with one attached hydrogen (secondary N) is 1. The van der Waals surface area contributed by atoms with Gasteiger partial charge in [-0.05, 0) is 34.5 Å². The molecule has 4 rings (SSSR count). The lowest BCUT2D eigenvalue weighted by atomic mass is 10.1. The molecule has 0 radical (unpaired) electrons. The second kappa shape index (κ2) is 8.62. The maximum Gasteiger partial charge on any atom is 0.339 e. The van der Waals surface area contributed by atoms with Crippen LogP contribution < -0.4 is 20.5 Å². The summed E-state index contributed by atoms with van der Waals surface area (Å²) in [5.41, 5.74) is 8.68. The number of thiophene rings is 1. The minimum Gasteiger partial charge on any atom is -0.493 e. The normalized spacial score (nSPS) is 12.0. The van der Waals surface area contributed by atoms with E-state index in [0.29, 0.717) is 29.4 Å². The van der Waals surface area contributed by atoms with Crippen molar-refractivity contribution in [3.05, 3.63) is 58.5 Å². The number of ether oxygens (including phenoxy) is 2. The number of carboxylic acid groups (broad SMARTS) is 1. The van der Waals surface area contributed by atoms with Gasteiger partial charge in [-0.15, -0.1) is 0 Å². The van der Waals surface area contributed by atoms with E-state index in [1.807, 2.05) is 16.8 Å². The van der Waals surface area contributed by atoms with E-state index in [1.165, 1.54) is 6.07 Å². The van der Waals surface area contributed by atoms with E-state index in [1.54, 1.807) is 54.6 Å². The van der Waals surface area contributed by atoms with Crippen molar-refractivity contribution in [1.29, 1.82) is 0 Å². The SMILES string of the molecule is COc1cc2ncn(-c3ccc(C(=O)O)c(NC[C@H](N)c4ccsc4)n3)c2cc1OC. The highest BCUT2D eigenvalue weighted by molar-refractivity contribution is 7.07. The lowest BCUT2D eigenvalue weighted by Crippen LogP contribution is -2.22. The third kappa shape index (κ3) is 4.03. The molecule has 0 bridgehead atoms. The first kappa shape index (κ1) is 20.6. The van der Waals surface area contributed by atoms with E-state index in [-0.39, 0.29) is 17.4 Å². The Morgan fingerprint density at radius 1 is 1.26 bits per heavy atom. The van der Waals surface area contributed by atoms with Crippen LogP contribution in [-0.4, -0.2) is 46.4 Å². The van der Waals surface area contributed by atoms with Crippen LogP contribution in [0.4, 0.5) is 5.82 Å². The number of aromatic carboxylic acids is 1. The average Bonchev–Trinajstić information content (AvgIpc) is 3.46. The molecule has 1 atom stereocenters. The number of hydrogen-bond acceptors (Lipinski definition) is 8. The molecule has 3 heterocycles. The van der Waals surface area contributed by atoms with Gasteiger partial charge in [-0.2, -0.15) is 11.3 Å². The topological polar surface area (TPSA) is 125 Å². The second-order valence-electron chi connectivity index (χ2n) is 6.73. The number of carbonyl (C=O) groups is 1. The molecular formula is C21H21N5O4S. The zero-order chi connectivity index (χ0) is 22.0. The van der Waals surface area contributed by atoms with Crippen molar-refractivity contribution in [2.45, 2.75) is 6.04 Å². The Bertz CT molecular complexity index is 1220. The molecule has 1 aromatic carbocycles. The van der Waals surface area contributed by atoms with Gasteiger partial charge >= 0.3 is 5.97 Å². The third-order valence-electron chi connectivity index (χ3n) is 4.87. The first-order valence-corrected chi connectivity index (χ1v) is 10.3. The van der Waals surface area contributed by atoms with Crippen LogP contribution in [0.3, 0.4) is 0 Å². The van der Waals surface area contributed by atoms with Gasteiger partial charge < -0.3 is 25.6 Å². The molecule has 9 nitrogen and oxygen atoms in total. The molecule has 0 fully saturated rings. The third-order valence-corrected chi connectivity index (χ3v) is 5.57. The molecule has 3 aromatic heterocycles. The van der Waals surface area contributed by atoms with Crippen molar-refractivity contribution in [3.63, 3.8) is 0 Å². The number of nitrogens with zero attached hydrogens (tertiary/aromatic N) is 3. The summed E-state index contributed by atoms with van der Waals surface area (Å²) in [4.78, 5) is 20.7. The number of hydrogen-bond donors (Lipinski definition) is 3. The van der Waals surface area contributed by atoms with E-state index in [2.05, 4.69) is 15.3 Å². The van der Waals surface area contributed by atoms with Crippen LogP contribution >= 0.6 is 11.3 Å². The van der Waals surface area contributed by atoms with Crippen molar-refractivity contribution in [2.24, 2.45) is 5.73 Å². The van der Waals surface area contributed by atoms with E-state index in [0.717, 1.165) is 11.1 Å². The molecular weight excluding hydrogens is 418 g/mol. The molecule has 160 valence electrons. The Kier molecular flexibility index (Phi) is 5.74. The second-order valence-corrected chi connectivity index (χ2v) is 7.51. The Balaban J connectivity index is 1.71. The number of anilines is 1. The van der Waals surface area contributed by atoms with Gasteiger partial charge in [0.2, 0.25) is 0 Å². The van der Waals surface area contributed by atoms with E-state index < -0.39 is 5.97 Å². The Morgan fingerprint density at radius 3 is 2.71 bits per heavy atom. The van der Waals surface area contributed by atoms with E-state index in [4.69, 9.17) is 15.2 Å². The zero-order valence-corrected chi connectivity index (χ0v) is 17.7. The fourth-order valence-electron chi connectivity index (χ4n) is 3.22. The predicted molar refractivity (Wildman–Crippen MR) is 119 cm³/mol. The quantitative estimate of drug-likeness (QED) is 0.382. The highest BCUT2D eigenvalue weighted by Gasteiger charge is 2.17. The number of benzene rings is 1. The molecule has 0 spiro atoms. The number of fused-ring (bicyclic) bond motifs is 1. The summed E-state index contributed by atoms with van der Waals surface area (Å²) in [7, 11) is 3.12. The molecule has 0 aliphatic rings. The van der Waals surface area contributed by atoms with Gasteiger partial charge in [0.25, 0.3) is 0 Å². The molecule has 0 aliphatic heterocycles. The Morgan fingerprint density at radius 2 is 2.03 bits per heavy atom. The van der Waals surface area contributed by atoms with E-state index in [9.17, 15) is 9.90 Å². The van der Waals surface area contributed by atoms with Crippen LogP contribution in [0.5, 0.6) is 11.5 Å². The smallest absolute Gasteiger partial charge is 0.339 e. The standard InChI is InChI=1S/C21H21N5O4S/c1-29-17-7-15-16(8-18(17)30-2)26(11-24-15)19-4-3-13(21(27)28)20(25-19)23-9-14(22)12-5-6-31-10-12/h3-8,10-11,14H,9,22H2,1-2H3,(H,23,25)(H,27,28)/t14-/m0/s1. The zero-order valence-electron chi connectivity index (χ0n) is 16.9. The molecule has 4 aromatic rings. The fraction of sp³-hybridized carbons (Fsp3) is 0.190. The largest absolute Gasteiger partial charge is 0.493 e. The lowest BCUT2D eigenvalue weighted by Gasteiger charge is -2.15. The number of rotatable bonds is 8. The van der Waals surface area contributed by atoms with Crippen LogP contribution in [0.15, 0.2) is 47.4 Å². The van der Waals surface area contributed by atoms with Crippen molar-refractivity contribution in [2.75, 3.05) is 26.1 Å². The highest BCUT2D eigenvalue weighted by atomic mass is 32.1.